The van der Waals surface area contributed by atoms with Crippen LogP contribution in [0.4, 0.5) is 0 Å². The van der Waals surface area contributed by atoms with Gasteiger partial charge in [0.25, 0.3) is 0 Å². The quantitative estimate of drug-likeness (QED) is 0.338. The molecule has 2 aromatic rings. The van der Waals surface area contributed by atoms with Crippen molar-refractivity contribution >= 4 is 17.2 Å². The molecule has 0 atom stereocenters. The molecule has 21 heavy (non-hydrogen) atoms. The zero-order chi connectivity index (χ0) is 13.2. The van der Waals surface area contributed by atoms with Gasteiger partial charge in [-0.25, -0.2) is 0 Å². The molecule has 2 radical (unpaired) electrons. The fraction of sp³-hybridized carbons (Fsp3) is 0.105. The average molecular weight is 568 g/mol. The van der Waals surface area contributed by atoms with Crippen LogP contribution < -0.4 is 24.0 Å². The van der Waals surface area contributed by atoms with Gasteiger partial charge >= 0.3 is 22.4 Å². The van der Waals surface area contributed by atoms with E-state index in [0.29, 0.717) is 0 Å². The summed E-state index contributed by atoms with van der Waals surface area (Å²) in [5.74, 6) is 0. The fourth-order valence-corrected chi connectivity index (χ4v) is 2.53. The van der Waals surface area contributed by atoms with Gasteiger partial charge in [0, 0.05) is 0 Å². The van der Waals surface area contributed by atoms with Gasteiger partial charge in [0.1, 0.15) is 0 Å². The predicted octanol–water partition coefficient (Wildman–Crippen LogP) is 2.02. The zero-order valence-electron chi connectivity index (χ0n) is 11.8. The van der Waals surface area contributed by atoms with Crippen molar-refractivity contribution in [1.82, 2.24) is 0 Å². The number of benzene rings is 2. The maximum Gasteiger partial charge on any atom is 1.00 e. The Balaban J connectivity index is 0.000000411. The minimum absolute atomic E-state index is 0. The summed E-state index contributed by atoms with van der Waals surface area (Å²) < 4.78 is 0. The Bertz CT molecular complexity index is 624. The van der Waals surface area contributed by atoms with Crippen LogP contribution in [0.15, 0.2) is 48.5 Å². The third-order valence-corrected chi connectivity index (χ3v) is 3.28. The fourth-order valence-electron chi connectivity index (χ4n) is 2.53. The van der Waals surface area contributed by atoms with Crippen LogP contribution in [0.2, 0.25) is 0 Å². The molecule has 4 rings (SSSR count). The molecule has 0 heterocycles. The molecular weight excluding hydrogens is 552 g/mol. The van der Waals surface area contributed by atoms with Crippen molar-refractivity contribution in [3.63, 3.8) is 0 Å². The van der Waals surface area contributed by atoms with E-state index in [-0.39, 0.29) is 46.4 Å². The summed E-state index contributed by atoms with van der Waals surface area (Å²) >= 11 is 0. The van der Waals surface area contributed by atoms with E-state index < -0.39 is 0 Å². The molecule has 110 valence electrons. The second kappa shape index (κ2) is 8.14. The van der Waals surface area contributed by atoms with Crippen LogP contribution in [0, 0.1) is 13.0 Å². The summed E-state index contributed by atoms with van der Waals surface area (Å²) in [6.07, 6.45) is 6.77. The first-order valence-electron chi connectivity index (χ1n) is 6.69. The standard InChI is InChI=1S/C16H9.C3H7.Au.HI/c1-3-7-13-11(5-1)9-15-14-8-4-2-6-12(14)10-16(13)15;1-3-2;;/h1-9H;1,3H2,2H3;;1H/q;;+1;/p-1. The van der Waals surface area contributed by atoms with Crippen molar-refractivity contribution in [2.24, 2.45) is 0 Å². The summed E-state index contributed by atoms with van der Waals surface area (Å²) in [6.45, 7) is 5.50. The van der Waals surface area contributed by atoms with E-state index in [0.717, 1.165) is 6.42 Å². The van der Waals surface area contributed by atoms with Gasteiger partial charge in [-0.1, -0.05) is 68.8 Å². The van der Waals surface area contributed by atoms with Crippen molar-refractivity contribution in [3.8, 4) is 0 Å². The van der Waals surface area contributed by atoms with Gasteiger partial charge in [0.05, 0.1) is 0 Å². The maximum atomic E-state index is 3.50. The Hall–Kier alpha value is -0.610. The van der Waals surface area contributed by atoms with Crippen molar-refractivity contribution < 1.29 is 46.4 Å². The molecule has 0 spiro atoms. The monoisotopic (exact) mass is 568 g/mol. The van der Waals surface area contributed by atoms with E-state index >= 15 is 0 Å². The number of halogens is 1. The number of hydrogen-bond acceptors (Lipinski definition) is 0. The van der Waals surface area contributed by atoms with E-state index in [1.807, 2.05) is 6.92 Å². The Morgan fingerprint density at radius 2 is 1.52 bits per heavy atom. The van der Waals surface area contributed by atoms with Crippen molar-refractivity contribution in [2.45, 2.75) is 13.3 Å². The summed E-state index contributed by atoms with van der Waals surface area (Å²) in [6, 6.07) is 17.0. The molecule has 0 amide bonds. The molecule has 0 aromatic heterocycles. The van der Waals surface area contributed by atoms with E-state index in [1.165, 1.54) is 33.4 Å². The summed E-state index contributed by atoms with van der Waals surface area (Å²) in [5, 5.41) is 0. The topological polar surface area (TPSA) is 0 Å². The first-order valence-corrected chi connectivity index (χ1v) is 6.69. The second-order valence-electron chi connectivity index (χ2n) is 4.69. The van der Waals surface area contributed by atoms with Crippen LogP contribution >= 0.6 is 0 Å². The van der Waals surface area contributed by atoms with Gasteiger partial charge in [0.15, 0.2) is 0 Å². The molecule has 0 saturated heterocycles. The molecule has 0 unspecified atom stereocenters. The first-order chi connectivity index (χ1) is 9.35. The first kappa shape index (κ1) is 18.4. The maximum absolute atomic E-state index is 3.50. The molecule has 2 aliphatic rings. The van der Waals surface area contributed by atoms with Crippen LogP contribution in [0.3, 0.4) is 0 Å². The van der Waals surface area contributed by atoms with Crippen LogP contribution in [-0.2, 0) is 22.4 Å². The van der Waals surface area contributed by atoms with E-state index in [9.17, 15) is 0 Å². The zero-order valence-corrected chi connectivity index (χ0v) is 16.1. The minimum atomic E-state index is 0. The van der Waals surface area contributed by atoms with Crippen molar-refractivity contribution in [1.29, 1.82) is 0 Å². The van der Waals surface area contributed by atoms with Gasteiger partial charge in [-0.3, -0.25) is 0 Å². The largest absolute Gasteiger partial charge is 1.00 e. The summed E-state index contributed by atoms with van der Waals surface area (Å²) in [5.41, 5.74) is 7.75. The van der Waals surface area contributed by atoms with E-state index in [2.05, 4.69) is 67.6 Å². The third-order valence-electron chi connectivity index (χ3n) is 3.28. The minimum Gasteiger partial charge on any atom is -1.00 e. The number of hydrogen-bond donors (Lipinski definition) is 0. The van der Waals surface area contributed by atoms with Gasteiger partial charge in [-0.15, -0.1) is 0 Å². The van der Waals surface area contributed by atoms with Gasteiger partial charge in [-0.2, -0.15) is 0 Å². The molecule has 0 N–H and O–H groups in total. The summed E-state index contributed by atoms with van der Waals surface area (Å²) in [4.78, 5) is 0. The van der Waals surface area contributed by atoms with Gasteiger partial charge < -0.3 is 24.0 Å². The average Bonchev–Trinajstić information content (AvgIpc) is 2.96. The van der Waals surface area contributed by atoms with Crippen LogP contribution in [0.1, 0.15) is 35.6 Å². The molecule has 0 fully saturated rings. The number of fused-ring (bicyclic) bond motifs is 5. The second-order valence-corrected chi connectivity index (χ2v) is 4.69. The van der Waals surface area contributed by atoms with Gasteiger partial charge in [0.2, 0.25) is 0 Å². The Kier molecular flexibility index (Phi) is 7.14. The van der Waals surface area contributed by atoms with Gasteiger partial charge in [-0.05, 0) is 45.6 Å². The molecule has 2 heteroatoms. The summed E-state index contributed by atoms with van der Waals surface area (Å²) in [7, 11) is 0. The normalized spacial score (nSPS) is 12.3. The van der Waals surface area contributed by atoms with Crippen molar-refractivity contribution in [2.75, 3.05) is 0 Å². The molecule has 0 bridgehead atoms. The Morgan fingerprint density at radius 3 is 2.24 bits per heavy atom. The van der Waals surface area contributed by atoms with Crippen LogP contribution in [0.5, 0.6) is 0 Å². The molecule has 0 aliphatic heterocycles. The van der Waals surface area contributed by atoms with Crippen LogP contribution in [-0.4, -0.2) is 0 Å². The Labute approximate surface area is 159 Å². The number of rotatable bonds is 0. The predicted molar refractivity (Wildman–Crippen MR) is 82.2 cm³/mol. The molecule has 2 aromatic carbocycles. The third kappa shape index (κ3) is 3.42. The van der Waals surface area contributed by atoms with Crippen LogP contribution in [0.25, 0.3) is 17.2 Å². The number of allylic oxidation sites excluding steroid dienone is 2. The van der Waals surface area contributed by atoms with E-state index in [1.54, 1.807) is 0 Å². The Morgan fingerprint density at radius 1 is 0.952 bits per heavy atom. The SMILES string of the molecule is [Au+].[CH2]CC.[C]1=C2C(=Cc3ccccc32)c2ccccc21.[I-]. The molecule has 2 aliphatic carbocycles. The van der Waals surface area contributed by atoms with E-state index in [4.69, 9.17) is 0 Å². The molecule has 0 nitrogen and oxygen atoms in total. The smallest absolute Gasteiger partial charge is 1.00 e. The molecular formula is C19H16AuI. The van der Waals surface area contributed by atoms with Crippen molar-refractivity contribution in [3.05, 3.63) is 83.8 Å². The molecule has 0 saturated carbocycles.